The van der Waals surface area contributed by atoms with Crippen LogP contribution < -0.4 is 0 Å². The Balaban J connectivity index is 0.000000227. The average Bonchev–Trinajstić information content (AvgIpc) is 2.75. The number of nitro benzene ring substituents is 4. The summed E-state index contributed by atoms with van der Waals surface area (Å²) in [7, 11) is 0. The normalized spacial score (nSPS) is 9.88. The van der Waals surface area contributed by atoms with Gasteiger partial charge in [-0.3, -0.25) is 45.4 Å². The number of nitrogens with zero attached hydrogens (tertiary/aromatic N) is 5. The Labute approximate surface area is 178 Å². The first kappa shape index (κ1) is 23.3. The van der Waals surface area contributed by atoms with Gasteiger partial charge < -0.3 is 5.11 Å². The molecule has 14 nitrogen and oxygen atoms in total. The maximum Gasteiger partial charge on any atom is 0.324 e. The monoisotopic (exact) mass is 443 g/mol. The molecule has 3 aromatic rings. The first-order valence-electron chi connectivity index (χ1n) is 8.53. The molecule has 164 valence electrons. The van der Waals surface area contributed by atoms with Crippen molar-refractivity contribution in [3.8, 4) is 5.75 Å². The summed E-state index contributed by atoms with van der Waals surface area (Å²) in [4.78, 5) is 42.0. The van der Waals surface area contributed by atoms with E-state index >= 15 is 0 Å². The Hall–Kier alpha value is -5.01. The minimum Gasteiger partial charge on any atom is -0.497 e. The van der Waals surface area contributed by atoms with E-state index in [2.05, 4.69) is 4.98 Å². The highest BCUT2D eigenvalue weighted by molar-refractivity contribution is 5.64. The quantitative estimate of drug-likeness (QED) is 0.431. The summed E-state index contributed by atoms with van der Waals surface area (Å²) in [6, 6.07) is 13.1. The van der Waals surface area contributed by atoms with Gasteiger partial charge in [-0.2, -0.15) is 0 Å². The predicted octanol–water partition coefficient (Wildman–Crippen LogP) is 3.70. The molecule has 0 radical (unpaired) electrons. The van der Waals surface area contributed by atoms with Gasteiger partial charge in [-0.05, 0) is 17.7 Å². The SMILES string of the molecule is O=[N+]([O-])c1cc([N+](=O)[O-])c(O)c([N+](=O)[O-])c1.O=[N+]([O-])c1ccc(Cc2ccccn2)cc1. The van der Waals surface area contributed by atoms with Crippen LogP contribution in [0.3, 0.4) is 0 Å². The Morgan fingerprint density at radius 3 is 1.66 bits per heavy atom. The van der Waals surface area contributed by atoms with Gasteiger partial charge in [0.2, 0.25) is 0 Å². The lowest BCUT2D eigenvalue weighted by atomic mass is 10.1. The summed E-state index contributed by atoms with van der Waals surface area (Å²) in [6.45, 7) is 0. The molecule has 1 heterocycles. The summed E-state index contributed by atoms with van der Waals surface area (Å²) < 4.78 is 0. The average molecular weight is 443 g/mol. The van der Waals surface area contributed by atoms with E-state index in [1.807, 2.05) is 18.2 Å². The molecule has 1 N–H and O–H groups in total. The van der Waals surface area contributed by atoms with Gasteiger partial charge in [0.25, 0.3) is 17.1 Å². The van der Waals surface area contributed by atoms with Gasteiger partial charge >= 0.3 is 11.4 Å². The van der Waals surface area contributed by atoms with E-state index in [9.17, 15) is 40.5 Å². The third-order valence-electron chi connectivity index (χ3n) is 3.92. The molecular formula is C18H13N5O9. The Morgan fingerprint density at radius 2 is 1.25 bits per heavy atom. The molecule has 0 saturated heterocycles. The number of phenolic OH excluding ortho intramolecular Hbond substituents is 1. The number of hydrogen-bond acceptors (Lipinski definition) is 10. The minimum atomic E-state index is -1.21. The van der Waals surface area contributed by atoms with Gasteiger partial charge in [-0.25, -0.2) is 0 Å². The molecule has 32 heavy (non-hydrogen) atoms. The van der Waals surface area contributed by atoms with Crippen LogP contribution in [0.5, 0.6) is 5.75 Å². The third kappa shape index (κ3) is 5.99. The number of nitro groups is 4. The highest BCUT2D eigenvalue weighted by Crippen LogP contribution is 2.38. The van der Waals surface area contributed by atoms with Crippen molar-refractivity contribution in [2.45, 2.75) is 6.42 Å². The molecule has 0 spiro atoms. The lowest BCUT2D eigenvalue weighted by Gasteiger charge is -2.00. The van der Waals surface area contributed by atoms with Crippen LogP contribution in [0.15, 0.2) is 60.8 Å². The van der Waals surface area contributed by atoms with E-state index in [0.29, 0.717) is 18.6 Å². The zero-order valence-electron chi connectivity index (χ0n) is 15.9. The second-order valence-electron chi connectivity index (χ2n) is 6.03. The predicted molar refractivity (Wildman–Crippen MR) is 108 cm³/mol. The van der Waals surface area contributed by atoms with Crippen molar-refractivity contribution in [2.24, 2.45) is 0 Å². The van der Waals surface area contributed by atoms with Crippen LogP contribution in [0.4, 0.5) is 22.7 Å². The molecule has 0 aliphatic carbocycles. The number of pyridine rings is 1. The van der Waals surface area contributed by atoms with Crippen LogP contribution in [-0.4, -0.2) is 29.8 Å². The topological polar surface area (TPSA) is 206 Å². The first-order chi connectivity index (χ1) is 15.1. The number of rotatable bonds is 6. The molecule has 0 bridgehead atoms. The second-order valence-corrected chi connectivity index (χ2v) is 6.03. The van der Waals surface area contributed by atoms with Gasteiger partial charge in [-0.1, -0.05) is 18.2 Å². The molecule has 2 aromatic carbocycles. The number of benzene rings is 2. The number of non-ortho nitro benzene ring substituents is 2. The number of phenols is 1. The van der Waals surface area contributed by atoms with Crippen molar-refractivity contribution in [3.05, 3.63) is 113 Å². The lowest BCUT2D eigenvalue weighted by Crippen LogP contribution is -1.97. The molecule has 3 rings (SSSR count). The minimum absolute atomic E-state index is 0.116. The van der Waals surface area contributed by atoms with E-state index in [1.54, 1.807) is 18.3 Å². The van der Waals surface area contributed by atoms with E-state index in [-0.39, 0.29) is 5.69 Å². The molecule has 0 fully saturated rings. The summed E-state index contributed by atoms with van der Waals surface area (Å²) in [5.41, 5.74) is -0.913. The van der Waals surface area contributed by atoms with Crippen LogP contribution >= 0.6 is 0 Å². The van der Waals surface area contributed by atoms with Crippen LogP contribution in [0.2, 0.25) is 0 Å². The molecule has 1 aromatic heterocycles. The Morgan fingerprint density at radius 1 is 0.719 bits per heavy atom. The van der Waals surface area contributed by atoms with Gasteiger partial charge in [0.05, 0.1) is 31.8 Å². The molecule has 14 heteroatoms. The number of hydrogen-bond donors (Lipinski definition) is 1. The molecular weight excluding hydrogens is 430 g/mol. The fraction of sp³-hybridized carbons (Fsp3) is 0.0556. The van der Waals surface area contributed by atoms with Gasteiger partial charge in [0, 0.05) is 30.4 Å². The van der Waals surface area contributed by atoms with Crippen molar-refractivity contribution < 1.29 is 24.8 Å². The van der Waals surface area contributed by atoms with Crippen LogP contribution in [0.1, 0.15) is 11.3 Å². The van der Waals surface area contributed by atoms with Crippen molar-refractivity contribution in [1.29, 1.82) is 0 Å². The van der Waals surface area contributed by atoms with E-state index in [1.165, 1.54) is 12.1 Å². The van der Waals surface area contributed by atoms with Crippen LogP contribution in [0.25, 0.3) is 0 Å². The number of aromatic hydroxyl groups is 1. The zero-order valence-corrected chi connectivity index (χ0v) is 15.9. The van der Waals surface area contributed by atoms with Crippen molar-refractivity contribution in [1.82, 2.24) is 4.98 Å². The second kappa shape index (κ2) is 10.1. The van der Waals surface area contributed by atoms with Crippen LogP contribution in [0, 0.1) is 40.5 Å². The lowest BCUT2D eigenvalue weighted by molar-refractivity contribution is -0.404. The summed E-state index contributed by atoms with van der Waals surface area (Å²) in [5.74, 6) is -1.21. The Kier molecular flexibility index (Phi) is 7.38. The fourth-order valence-electron chi connectivity index (χ4n) is 2.42. The van der Waals surface area contributed by atoms with Crippen LogP contribution in [-0.2, 0) is 6.42 Å². The maximum absolute atomic E-state index is 10.5. The van der Waals surface area contributed by atoms with Gasteiger partial charge in [0.15, 0.2) is 0 Å². The molecule has 0 aliphatic heterocycles. The maximum atomic E-state index is 10.5. The summed E-state index contributed by atoms with van der Waals surface area (Å²) in [5, 5.41) is 50.7. The largest absolute Gasteiger partial charge is 0.497 e. The smallest absolute Gasteiger partial charge is 0.324 e. The van der Waals surface area contributed by atoms with E-state index in [4.69, 9.17) is 5.11 Å². The summed E-state index contributed by atoms with van der Waals surface area (Å²) >= 11 is 0. The highest BCUT2D eigenvalue weighted by Gasteiger charge is 2.30. The van der Waals surface area contributed by atoms with Crippen molar-refractivity contribution in [2.75, 3.05) is 0 Å². The van der Waals surface area contributed by atoms with Crippen molar-refractivity contribution in [3.63, 3.8) is 0 Å². The summed E-state index contributed by atoms with van der Waals surface area (Å²) in [6.07, 6.45) is 2.43. The Bertz CT molecular complexity index is 1130. The van der Waals surface area contributed by atoms with Gasteiger partial charge in [0.1, 0.15) is 0 Å². The van der Waals surface area contributed by atoms with E-state index < -0.39 is 42.5 Å². The molecule has 0 atom stereocenters. The number of aromatic nitrogens is 1. The van der Waals surface area contributed by atoms with Crippen molar-refractivity contribution >= 4 is 22.7 Å². The fourth-order valence-corrected chi connectivity index (χ4v) is 2.42. The standard InChI is InChI=1S/C12H10N2O2.C6H3N3O7/c15-14(16)12-6-4-10(5-7-12)9-11-3-1-2-8-13-11;10-6-4(8(13)14)1-3(7(11)12)2-5(6)9(15)16/h1-8H,9H2;1-2,10H. The third-order valence-corrected chi connectivity index (χ3v) is 3.92. The van der Waals surface area contributed by atoms with E-state index in [0.717, 1.165) is 11.3 Å². The molecule has 0 saturated carbocycles. The molecule has 0 amide bonds. The first-order valence-corrected chi connectivity index (χ1v) is 8.53. The molecule has 0 unspecified atom stereocenters. The molecule has 0 aliphatic rings. The zero-order chi connectivity index (χ0) is 23.8. The highest BCUT2D eigenvalue weighted by atomic mass is 16.6. The van der Waals surface area contributed by atoms with Gasteiger partial charge in [-0.15, -0.1) is 0 Å².